The van der Waals surface area contributed by atoms with Gasteiger partial charge >= 0.3 is 5.97 Å². The van der Waals surface area contributed by atoms with Crippen LogP contribution in [0.4, 0.5) is 5.69 Å². The Morgan fingerprint density at radius 2 is 1.69 bits per heavy atom. The molecule has 0 saturated heterocycles. The van der Waals surface area contributed by atoms with Crippen LogP contribution in [-0.4, -0.2) is 31.4 Å². The lowest BCUT2D eigenvalue weighted by atomic mass is 10.1. The fraction of sp³-hybridized carbons (Fsp3) is 0.211. The van der Waals surface area contributed by atoms with Crippen molar-refractivity contribution in [1.82, 2.24) is 0 Å². The van der Waals surface area contributed by atoms with E-state index in [1.807, 2.05) is 0 Å². The molecule has 0 fully saturated rings. The van der Waals surface area contributed by atoms with Gasteiger partial charge in [0.1, 0.15) is 5.75 Å². The Balaban J connectivity index is 1.98. The van der Waals surface area contributed by atoms with Crippen molar-refractivity contribution in [2.24, 2.45) is 0 Å². The molecule has 0 heterocycles. The molecule has 0 aromatic heterocycles. The molecule has 7 heteroatoms. The van der Waals surface area contributed by atoms with Gasteiger partial charge in [-0.15, -0.1) is 0 Å². The topological polar surface area (TPSA) is 81.7 Å². The van der Waals surface area contributed by atoms with E-state index >= 15 is 0 Å². The quantitative estimate of drug-likeness (QED) is 0.544. The molecule has 1 amide bonds. The van der Waals surface area contributed by atoms with Crippen LogP contribution in [0.3, 0.4) is 0 Å². The van der Waals surface area contributed by atoms with Gasteiger partial charge in [0.15, 0.2) is 12.4 Å². The summed E-state index contributed by atoms with van der Waals surface area (Å²) in [5.41, 5.74) is 1.49. The number of methoxy groups -OCH3 is 1. The number of benzene rings is 2. The molecule has 0 radical (unpaired) electrons. The molecule has 26 heavy (non-hydrogen) atoms. The largest absolute Gasteiger partial charge is 0.484 e. The highest BCUT2D eigenvalue weighted by Gasteiger charge is 2.12. The third-order valence-electron chi connectivity index (χ3n) is 3.52. The Kier molecular flexibility index (Phi) is 6.91. The van der Waals surface area contributed by atoms with Crippen molar-refractivity contribution in [2.45, 2.75) is 13.3 Å². The van der Waals surface area contributed by atoms with Gasteiger partial charge in [-0.3, -0.25) is 9.59 Å². The van der Waals surface area contributed by atoms with Crippen LogP contribution < -0.4 is 10.1 Å². The summed E-state index contributed by atoms with van der Waals surface area (Å²) in [6.07, 6.45) is 0.387. The first-order valence-electron chi connectivity index (χ1n) is 7.88. The number of ether oxygens (including phenoxy) is 2. The van der Waals surface area contributed by atoms with Crippen LogP contribution in [0.2, 0.25) is 0 Å². The van der Waals surface area contributed by atoms with Gasteiger partial charge in [0.25, 0.3) is 0 Å². The van der Waals surface area contributed by atoms with E-state index < -0.39 is 5.97 Å². The number of Topliss-reactive ketones (excluding diaryl/α,β-unsaturated/α-hetero) is 1. The second kappa shape index (κ2) is 9.15. The minimum Gasteiger partial charge on any atom is -0.484 e. The van der Waals surface area contributed by atoms with E-state index in [0.717, 1.165) is 0 Å². The molecule has 0 atom stereocenters. The van der Waals surface area contributed by atoms with Crippen molar-refractivity contribution in [2.75, 3.05) is 19.0 Å². The number of halogens is 1. The third-order valence-corrected chi connectivity index (χ3v) is 4.14. The monoisotopic (exact) mass is 419 g/mol. The normalized spacial score (nSPS) is 10.1. The van der Waals surface area contributed by atoms with E-state index in [0.29, 0.717) is 33.5 Å². The zero-order valence-electron chi connectivity index (χ0n) is 14.4. The number of nitrogens with one attached hydrogen (secondary N) is 1. The molecule has 0 aliphatic rings. The molecule has 0 aliphatic carbocycles. The summed E-state index contributed by atoms with van der Waals surface area (Å²) in [6.45, 7) is 1.61. The van der Waals surface area contributed by atoms with Gasteiger partial charge in [0, 0.05) is 17.7 Å². The standard InChI is InChI=1S/C19H18BrNO5/c1-3-18(23)21-14-7-4-12(5-8-14)16(22)11-26-17-9-6-13(10-15(17)20)19(24)25-2/h4-10H,3,11H2,1-2H3,(H,21,23). The summed E-state index contributed by atoms with van der Waals surface area (Å²) in [7, 11) is 1.30. The highest BCUT2D eigenvalue weighted by molar-refractivity contribution is 9.10. The van der Waals surface area contributed by atoms with E-state index in [-0.39, 0.29) is 18.3 Å². The predicted octanol–water partition coefficient (Wildman–Crippen LogP) is 3.85. The van der Waals surface area contributed by atoms with Crippen LogP contribution in [-0.2, 0) is 9.53 Å². The summed E-state index contributed by atoms with van der Waals surface area (Å²) < 4.78 is 10.7. The van der Waals surface area contributed by atoms with Gasteiger partial charge in [-0.2, -0.15) is 0 Å². The second-order valence-electron chi connectivity index (χ2n) is 5.33. The molecular weight excluding hydrogens is 402 g/mol. The van der Waals surface area contributed by atoms with Gasteiger partial charge in [0.05, 0.1) is 17.1 Å². The number of esters is 1. The van der Waals surface area contributed by atoms with Crippen molar-refractivity contribution < 1.29 is 23.9 Å². The predicted molar refractivity (Wildman–Crippen MR) is 101 cm³/mol. The van der Waals surface area contributed by atoms with E-state index in [2.05, 4.69) is 26.0 Å². The number of ketones is 1. The summed E-state index contributed by atoms with van der Waals surface area (Å²) in [5.74, 6) is -0.309. The molecule has 0 bridgehead atoms. The molecule has 2 aromatic rings. The maximum atomic E-state index is 12.2. The Bertz CT molecular complexity index is 817. The number of amides is 1. The van der Waals surface area contributed by atoms with Crippen molar-refractivity contribution in [3.05, 3.63) is 58.1 Å². The lowest BCUT2D eigenvalue weighted by Gasteiger charge is -2.09. The maximum absolute atomic E-state index is 12.2. The van der Waals surface area contributed by atoms with Crippen LogP contribution in [0.5, 0.6) is 5.75 Å². The fourth-order valence-corrected chi connectivity index (χ4v) is 2.57. The smallest absolute Gasteiger partial charge is 0.337 e. The molecule has 0 aliphatic heterocycles. The molecule has 0 spiro atoms. The summed E-state index contributed by atoms with van der Waals surface area (Å²) in [5, 5.41) is 2.72. The molecular formula is C19H18BrNO5. The molecule has 2 rings (SSSR count). The second-order valence-corrected chi connectivity index (χ2v) is 6.18. The number of anilines is 1. The van der Waals surface area contributed by atoms with Crippen molar-refractivity contribution in [3.63, 3.8) is 0 Å². The van der Waals surface area contributed by atoms with Gasteiger partial charge in [-0.1, -0.05) is 6.92 Å². The molecule has 0 saturated carbocycles. The van der Waals surface area contributed by atoms with Gasteiger partial charge in [0.2, 0.25) is 5.91 Å². The first-order chi connectivity index (χ1) is 12.4. The lowest BCUT2D eigenvalue weighted by molar-refractivity contribution is -0.115. The average molecular weight is 420 g/mol. The zero-order valence-corrected chi connectivity index (χ0v) is 16.0. The van der Waals surface area contributed by atoms with Gasteiger partial charge < -0.3 is 14.8 Å². The SMILES string of the molecule is CCC(=O)Nc1ccc(C(=O)COc2ccc(C(=O)OC)cc2Br)cc1. The van der Waals surface area contributed by atoms with Crippen LogP contribution >= 0.6 is 15.9 Å². The molecule has 1 N–H and O–H groups in total. The van der Waals surface area contributed by atoms with Crippen LogP contribution in [0.25, 0.3) is 0 Å². The van der Waals surface area contributed by atoms with Crippen LogP contribution in [0.1, 0.15) is 34.1 Å². The third kappa shape index (κ3) is 5.16. The number of carbonyl (C=O) groups excluding carboxylic acids is 3. The van der Waals surface area contributed by atoms with Crippen LogP contribution in [0, 0.1) is 0 Å². The van der Waals surface area contributed by atoms with Gasteiger partial charge in [-0.25, -0.2) is 4.79 Å². The lowest BCUT2D eigenvalue weighted by Crippen LogP contribution is -2.13. The number of hydrogen-bond donors (Lipinski definition) is 1. The molecule has 0 unspecified atom stereocenters. The Hall–Kier alpha value is -2.67. The summed E-state index contributed by atoms with van der Waals surface area (Å²) in [6, 6.07) is 11.3. The highest BCUT2D eigenvalue weighted by Crippen LogP contribution is 2.26. The van der Waals surface area contributed by atoms with Gasteiger partial charge in [-0.05, 0) is 58.4 Å². The first-order valence-corrected chi connectivity index (χ1v) is 8.67. The Labute approximate surface area is 159 Å². The minimum absolute atomic E-state index is 0.0901. The summed E-state index contributed by atoms with van der Waals surface area (Å²) in [4.78, 5) is 35.1. The molecule has 6 nitrogen and oxygen atoms in total. The Morgan fingerprint density at radius 1 is 1.04 bits per heavy atom. The van der Waals surface area contributed by atoms with E-state index in [1.165, 1.54) is 7.11 Å². The fourth-order valence-electron chi connectivity index (χ4n) is 2.08. The number of hydrogen-bond acceptors (Lipinski definition) is 5. The highest BCUT2D eigenvalue weighted by atomic mass is 79.9. The maximum Gasteiger partial charge on any atom is 0.337 e. The summed E-state index contributed by atoms with van der Waals surface area (Å²) >= 11 is 3.31. The van der Waals surface area contributed by atoms with Crippen molar-refractivity contribution >= 4 is 39.3 Å². The average Bonchev–Trinajstić information content (AvgIpc) is 2.66. The minimum atomic E-state index is -0.455. The number of carbonyl (C=O) groups is 3. The van der Waals surface area contributed by atoms with Crippen LogP contribution in [0.15, 0.2) is 46.9 Å². The molecule has 136 valence electrons. The number of rotatable bonds is 7. The Morgan fingerprint density at radius 3 is 2.27 bits per heavy atom. The first kappa shape index (κ1) is 19.7. The molecule has 2 aromatic carbocycles. The van der Waals surface area contributed by atoms with Crippen molar-refractivity contribution in [1.29, 1.82) is 0 Å². The van der Waals surface area contributed by atoms with E-state index in [4.69, 9.17) is 4.74 Å². The zero-order chi connectivity index (χ0) is 19.1. The van der Waals surface area contributed by atoms with E-state index in [9.17, 15) is 14.4 Å². The van der Waals surface area contributed by atoms with Crippen molar-refractivity contribution in [3.8, 4) is 5.75 Å². The van der Waals surface area contributed by atoms with E-state index in [1.54, 1.807) is 49.4 Å².